The Balaban J connectivity index is 0.000000806. The topological polar surface area (TPSA) is 116 Å². The maximum Gasteiger partial charge on any atom is 0.290 e. The number of hydrogen-bond donors (Lipinski definition) is 2. The number of nitrogens with one attached hydrogen (secondary N) is 1. The number of sulfonamides is 1. The van der Waals surface area contributed by atoms with Crippen molar-refractivity contribution >= 4 is 22.4 Å². The molecule has 0 aromatic rings. The Morgan fingerprint density at radius 1 is 1.30 bits per heavy atom. The molecule has 4 atom stereocenters. The Morgan fingerprint density at radius 2 is 1.97 bits per heavy atom. The summed E-state index contributed by atoms with van der Waals surface area (Å²) in [6.45, 7) is 1.96. The van der Waals surface area contributed by atoms with Crippen LogP contribution in [-0.2, 0) is 24.3 Å². The molecule has 1 spiro atoms. The van der Waals surface area contributed by atoms with E-state index in [2.05, 4.69) is 4.72 Å². The summed E-state index contributed by atoms with van der Waals surface area (Å²) in [5.41, 5.74) is -0.242. The summed E-state index contributed by atoms with van der Waals surface area (Å²) in [7, 11) is 0.561. The highest BCUT2D eigenvalue weighted by Crippen LogP contribution is 2.54. The minimum absolute atomic E-state index is 0.135. The average Bonchev–Trinajstić information content (AvgIpc) is 3.40. The molecule has 4 aliphatic rings. The van der Waals surface area contributed by atoms with Crippen LogP contribution in [0, 0.1) is 17.8 Å². The molecular formula is C20H35N3O6S. The van der Waals surface area contributed by atoms with Gasteiger partial charge in [0.25, 0.3) is 6.47 Å². The molecule has 1 aliphatic carbocycles. The van der Waals surface area contributed by atoms with E-state index in [1.54, 1.807) is 0 Å². The van der Waals surface area contributed by atoms with Crippen LogP contribution in [0.25, 0.3) is 0 Å². The second kappa shape index (κ2) is 9.50. The number of nitrogens with zero attached hydrogens (tertiary/aromatic N) is 2. The van der Waals surface area contributed by atoms with Gasteiger partial charge in [-0.1, -0.05) is 12.8 Å². The lowest BCUT2D eigenvalue weighted by molar-refractivity contribution is -0.132. The number of carboxylic acid groups (broad SMARTS) is 1. The molecule has 9 nitrogen and oxygen atoms in total. The van der Waals surface area contributed by atoms with Crippen molar-refractivity contribution in [2.24, 2.45) is 17.8 Å². The number of amides is 1. The molecule has 3 aliphatic heterocycles. The lowest BCUT2D eigenvalue weighted by Crippen LogP contribution is -2.42. The number of rotatable bonds is 7. The fourth-order valence-electron chi connectivity index (χ4n) is 5.79. The van der Waals surface area contributed by atoms with E-state index in [1.165, 1.54) is 0 Å². The Bertz CT molecular complexity index is 724. The van der Waals surface area contributed by atoms with Crippen LogP contribution >= 0.6 is 0 Å². The predicted octanol–water partition coefficient (Wildman–Crippen LogP) is 0.364. The molecule has 1 saturated carbocycles. The second-order valence-electron chi connectivity index (χ2n) is 9.43. The van der Waals surface area contributed by atoms with Gasteiger partial charge >= 0.3 is 0 Å². The van der Waals surface area contributed by atoms with Crippen LogP contribution in [0.1, 0.15) is 38.5 Å². The van der Waals surface area contributed by atoms with E-state index >= 15 is 0 Å². The van der Waals surface area contributed by atoms with Crippen molar-refractivity contribution in [2.45, 2.75) is 50.2 Å². The van der Waals surface area contributed by atoms with Gasteiger partial charge in [-0.15, -0.1) is 0 Å². The molecule has 0 radical (unpaired) electrons. The maximum absolute atomic E-state index is 12.5. The lowest BCUT2D eigenvalue weighted by Gasteiger charge is -2.29. The van der Waals surface area contributed by atoms with Gasteiger partial charge in [-0.2, -0.15) is 0 Å². The molecule has 172 valence electrons. The van der Waals surface area contributed by atoms with E-state index in [0.29, 0.717) is 32.1 Å². The van der Waals surface area contributed by atoms with Crippen LogP contribution < -0.4 is 4.72 Å². The van der Waals surface area contributed by atoms with Crippen LogP contribution in [-0.4, -0.2) is 93.4 Å². The molecule has 0 aromatic heterocycles. The molecule has 0 unspecified atom stereocenters. The second-order valence-corrected chi connectivity index (χ2v) is 11.3. The van der Waals surface area contributed by atoms with Crippen molar-refractivity contribution in [3.05, 3.63) is 0 Å². The zero-order chi connectivity index (χ0) is 21.9. The number of likely N-dealkylation sites (tertiary alicyclic amines) is 1. The number of hydrogen-bond acceptors (Lipinski definition) is 6. The maximum atomic E-state index is 12.5. The van der Waals surface area contributed by atoms with E-state index in [-0.39, 0.29) is 41.7 Å². The minimum Gasteiger partial charge on any atom is -0.483 e. The van der Waals surface area contributed by atoms with E-state index < -0.39 is 10.0 Å². The van der Waals surface area contributed by atoms with Gasteiger partial charge in [0, 0.05) is 24.9 Å². The van der Waals surface area contributed by atoms with Gasteiger partial charge < -0.3 is 19.6 Å². The highest BCUT2D eigenvalue weighted by Gasteiger charge is 2.63. The molecule has 3 saturated heterocycles. The van der Waals surface area contributed by atoms with Crippen molar-refractivity contribution < 1.29 is 27.9 Å². The highest BCUT2D eigenvalue weighted by atomic mass is 32.2. The van der Waals surface area contributed by atoms with Gasteiger partial charge in [0.1, 0.15) is 0 Å². The third kappa shape index (κ3) is 5.15. The zero-order valence-corrected chi connectivity index (χ0v) is 18.8. The Morgan fingerprint density at radius 3 is 2.60 bits per heavy atom. The van der Waals surface area contributed by atoms with Gasteiger partial charge in [0.2, 0.25) is 15.9 Å². The van der Waals surface area contributed by atoms with Gasteiger partial charge in [0.05, 0.1) is 30.5 Å². The van der Waals surface area contributed by atoms with E-state index in [4.69, 9.17) is 14.6 Å². The molecule has 4 rings (SSSR count). The van der Waals surface area contributed by atoms with Crippen LogP contribution in [0.3, 0.4) is 0 Å². The van der Waals surface area contributed by atoms with Gasteiger partial charge in [-0.3, -0.25) is 9.59 Å². The Hall–Kier alpha value is -1.23. The van der Waals surface area contributed by atoms with Crippen LogP contribution in [0.5, 0.6) is 0 Å². The average molecular weight is 446 g/mol. The van der Waals surface area contributed by atoms with Crippen molar-refractivity contribution in [2.75, 3.05) is 46.0 Å². The number of carbonyl (C=O) groups excluding carboxylic acids is 1. The summed E-state index contributed by atoms with van der Waals surface area (Å²) in [4.78, 5) is 24.7. The molecular weight excluding hydrogens is 410 g/mol. The number of fused-ring (bicyclic) bond motifs is 1. The SMILES string of the molecule is CN(C)CC(=O)N1C[C@@H]2[C@H](CNS(=O)(=O)CC3CCCC3)[C@H]3CC[C@]2(C1)O3.O=CO. The van der Waals surface area contributed by atoms with Gasteiger partial charge in [-0.05, 0) is 45.7 Å². The Kier molecular flexibility index (Phi) is 7.42. The van der Waals surface area contributed by atoms with Crippen molar-refractivity contribution in [3.63, 3.8) is 0 Å². The molecule has 10 heteroatoms. The number of ether oxygens (including phenoxy) is 1. The van der Waals surface area contributed by atoms with Crippen molar-refractivity contribution in [3.8, 4) is 0 Å². The number of carbonyl (C=O) groups is 2. The fourth-order valence-corrected chi connectivity index (χ4v) is 7.31. The predicted molar refractivity (Wildman–Crippen MR) is 111 cm³/mol. The summed E-state index contributed by atoms with van der Waals surface area (Å²) in [5.74, 6) is 1.13. The van der Waals surface area contributed by atoms with Gasteiger partial charge in [-0.25, -0.2) is 13.1 Å². The minimum atomic E-state index is -3.24. The fraction of sp³-hybridized carbons (Fsp3) is 0.900. The summed E-state index contributed by atoms with van der Waals surface area (Å²) < 4.78 is 34.2. The zero-order valence-electron chi connectivity index (χ0n) is 18.0. The molecule has 3 heterocycles. The normalized spacial score (nSPS) is 32.9. The summed E-state index contributed by atoms with van der Waals surface area (Å²) in [6, 6.07) is 0. The highest BCUT2D eigenvalue weighted by molar-refractivity contribution is 7.89. The van der Waals surface area contributed by atoms with E-state index in [9.17, 15) is 13.2 Å². The largest absolute Gasteiger partial charge is 0.483 e. The molecule has 30 heavy (non-hydrogen) atoms. The van der Waals surface area contributed by atoms with Crippen molar-refractivity contribution in [1.82, 2.24) is 14.5 Å². The lowest BCUT2D eigenvalue weighted by atomic mass is 9.74. The quantitative estimate of drug-likeness (QED) is 0.544. The van der Waals surface area contributed by atoms with Crippen molar-refractivity contribution in [1.29, 1.82) is 0 Å². The number of likely N-dealkylation sites (N-methyl/N-ethyl adjacent to an activating group) is 1. The standard InChI is InChI=1S/C19H33N3O4S.CH2O2/c1-21(2)11-18(23)22-10-16-15(17-7-8-19(16,13-22)26-17)9-20-27(24,25)12-14-5-3-4-6-14;2-1-3/h14-17,20H,3-13H2,1-2H3;1H,(H,2,3)/t15-,16+,17+,19+;/m0./s1. The van der Waals surface area contributed by atoms with Crippen LogP contribution in [0.2, 0.25) is 0 Å². The first-order valence-electron chi connectivity index (χ1n) is 10.8. The summed E-state index contributed by atoms with van der Waals surface area (Å²) in [6.07, 6.45) is 6.46. The monoisotopic (exact) mass is 445 g/mol. The first-order valence-corrected chi connectivity index (χ1v) is 12.5. The third-order valence-electron chi connectivity index (χ3n) is 7.06. The molecule has 2 bridgehead atoms. The Labute approximate surface area is 179 Å². The molecule has 4 fully saturated rings. The van der Waals surface area contributed by atoms with Gasteiger partial charge in [0.15, 0.2) is 0 Å². The summed E-state index contributed by atoms with van der Waals surface area (Å²) in [5, 5.41) is 6.89. The first kappa shape index (κ1) is 23.4. The summed E-state index contributed by atoms with van der Waals surface area (Å²) >= 11 is 0. The molecule has 0 aromatic carbocycles. The smallest absolute Gasteiger partial charge is 0.290 e. The van der Waals surface area contributed by atoms with E-state index in [0.717, 1.165) is 38.5 Å². The van der Waals surface area contributed by atoms with Crippen LogP contribution in [0.4, 0.5) is 0 Å². The van der Waals surface area contributed by atoms with Crippen LogP contribution in [0.15, 0.2) is 0 Å². The first-order chi connectivity index (χ1) is 14.2. The molecule has 2 N–H and O–H groups in total. The third-order valence-corrected chi connectivity index (χ3v) is 8.57. The van der Waals surface area contributed by atoms with E-state index in [1.807, 2.05) is 23.9 Å². The molecule has 1 amide bonds.